The van der Waals surface area contributed by atoms with E-state index in [0.29, 0.717) is 0 Å². The van der Waals surface area contributed by atoms with Crippen LogP contribution in [-0.4, -0.2) is 10.4 Å². The summed E-state index contributed by atoms with van der Waals surface area (Å²) in [6.07, 6.45) is 0. The third-order valence-electron chi connectivity index (χ3n) is 2.69. The van der Waals surface area contributed by atoms with Gasteiger partial charge in [-0.1, -0.05) is 0 Å². The zero-order valence-electron chi connectivity index (χ0n) is 8.66. The molecule has 0 aliphatic heterocycles. The Morgan fingerprint density at radius 1 is 1.29 bits per heavy atom. The smallest absolute Gasteiger partial charge is 0.159 e. The number of benzene rings is 1. The minimum absolute atomic E-state index is 0.119. The minimum Gasteiger partial charge on any atom is -0.348 e. The molecule has 2 nitrogen and oxygen atoms in total. The third-order valence-corrected chi connectivity index (χ3v) is 2.69. The highest BCUT2D eigenvalue weighted by Gasteiger charge is 2.04. The van der Waals surface area contributed by atoms with E-state index in [2.05, 4.69) is 17.6 Å². The number of carbonyl (C=O) groups excluding carboxylic acids is 1. The lowest BCUT2D eigenvalue weighted by molar-refractivity contribution is 0.101. The highest BCUT2D eigenvalue weighted by molar-refractivity contribution is 5.98. The first kappa shape index (κ1) is 9.00. The summed E-state index contributed by atoms with van der Waals surface area (Å²) in [6.45, 7) is 3.66. The molecule has 1 aromatic carbocycles. The zero-order valence-corrected chi connectivity index (χ0v) is 8.66. The Morgan fingerprint density at radius 2 is 2.00 bits per heavy atom. The molecule has 0 spiro atoms. The highest BCUT2D eigenvalue weighted by atomic mass is 16.1. The van der Waals surface area contributed by atoms with E-state index >= 15 is 0 Å². The van der Waals surface area contributed by atoms with Crippen molar-refractivity contribution in [2.24, 2.45) is 7.05 Å². The molecule has 2 heteroatoms. The van der Waals surface area contributed by atoms with Gasteiger partial charge < -0.3 is 4.57 Å². The summed E-state index contributed by atoms with van der Waals surface area (Å²) < 4.78 is 2.12. The van der Waals surface area contributed by atoms with Gasteiger partial charge in [-0.05, 0) is 38.1 Å². The molecule has 0 fully saturated rings. The van der Waals surface area contributed by atoms with Crippen molar-refractivity contribution in [3.63, 3.8) is 0 Å². The standard InChI is InChI=1S/C12H13NO/c1-8-6-11-7-10(9(2)14)4-5-12(11)13(8)3/h4-7H,1-3H3. The van der Waals surface area contributed by atoms with Gasteiger partial charge in [-0.2, -0.15) is 0 Å². The van der Waals surface area contributed by atoms with Crippen molar-refractivity contribution >= 4 is 16.7 Å². The summed E-state index contributed by atoms with van der Waals surface area (Å²) in [5.41, 5.74) is 3.16. The molecule has 0 aliphatic rings. The van der Waals surface area contributed by atoms with Crippen molar-refractivity contribution in [3.8, 4) is 0 Å². The Labute approximate surface area is 83.2 Å². The number of nitrogens with zero attached hydrogens (tertiary/aromatic N) is 1. The predicted molar refractivity (Wildman–Crippen MR) is 57.7 cm³/mol. The molecule has 72 valence electrons. The fourth-order valence-electron chi connectivity index (χ4n) is 1.71. The van der Waals surface area contributed by atoms with Crippen LogP contribution in [0.4, 0.5) is 0 Å². The van der Waals surface area contributed by atoms with Crippen LogP contribution in [-0.2, 0) is 7.05 Å². The van der Waals surface area contributed by atoms with E-state index < -0.39 is 0 Å². The van der Waals surface area contributed by atoms with Crippen LogP contribution in [0.1, 0.15) is 23.0 Å². The maximum absolute atomic E-state index is 11.2. The lowest BCUT2D eigenvalue weighted by Gasteiger charge is -1.99. The summed E-state index contributed by atoms with van der Waals surface area (Å²) in [7, 11) is 2.03. The molecule has 14 heavy (non-hydrogen) atoms. The van der Waals surface area contributed by atoms with Crippen LogP contribution in [0, 0.1) is 6.92 Å². The maximum atomic E-state index is 11.2. The molecule has 0 saturated heterocycles. The van der Waals surface area contributed by atoms with Gasteiger partial charge in [0.1, 0.15) is 0 Å². The first-order chi connectivity index (χ1) is 6.59. The van der Waals surface area contributed by atoms with E-state index in [-0.39, 0.29) is 5.78 Å². The Hall–Kier alpha value is -1.57. The highest BCUT2D eigenvalue weighted by Crippen LogP contribution is 2.19. The molecule has 0 bridgehead atoms. The van der Waals surface area contributed by atoms with Crippen molar-refractivity contribution in [3.05, 3.63) is 35.5 Å². The second-order valence-corrected chi connectivity index (χ2v) is 3.67. The molecule has 1 aromatic heterocycles. The molecule has 1 heterocycles. The van der Waals surface area contributed by atoms with Crippen LogP contribution in [0.5, 0.6) is 0 Å². The average Bonchev–Trinajstić information content (AvgIpc) is 2.42. The Bertz CT molecular complexity index is 508. The van der Waals surface area contributed by atoms with Crippen LogP contribution < -0.4 is 0 Å². The van der Waals surface area contributed by atoms with Gasteiger partial charge in [0.15, 0.2) is 5.78 Å². The number of fused-ring (bicyclic) bond motifs is 1. The van der Waals surface area contributed by atoms with Crippen molar-refractivity contribution in [2.75, 3.05) is 0 Å². The topological polar surface area (TPSA) is 22.0 Å². The molecule has 0 unspecified atom stereocenters. The van der Waals surface area contributed by atoms with E-state index in [4.69, 9.17) is 0 Å². The Balaban J connectivity index is 2.73. The molecule has 0 saturated carbocycles. The predicted octanol–water partition coefficient (Wildman–Crippen LogP) is 2.69. The summed E-state index contributed by atoms with van der Waals surface area (Å²) >= 11 is 0. The first-order valence-electron chi connectivity index (χ1n) is 4.66. The van der Waals surface area contributed by atoms with Gasteiger partial charge in [0, 0.05) is 29.2 Å². The van der Waals surface area contributed by atoms with Crippen LogP contribution in [0.15, 0.2) is 24.3 Å². The summed E-state index contributed by atoms with van der Waals surface area (Å²) in [6, 6.07) is 7.93. The fourth-order valence-corrected chi connectivity index (χ4v) is 1.71. The van der Waals surface area contributed by atoms with Crippen molar-refractivity contribution < 1.29 is 4.79 Å². The second kappa shape index (κ2) is 2.98. The first-order valence-corrected chi connectivity index (χ1v) is 4.66. The monoisotopic (exact) mass is 187 g/mol. The molecule has 2 rings (SSSR count). The Kier molecular flexibility index (Phi) is 1.92. The van der Waals surface area contributed by atoms with Crippen molar-refractivity contribution in [2.45, 2.75) is 13.8 Å². The van der Waals surface area contributed by atoms with E-state index in [1.54, 1.807) is 6.92 Å². The number of aryl methyl sites for hydroxylation is 2. The Morgan fingerprint density at radius 3 is 2.64 bits per heavy atom. The van der Waals surface area contributed by atoms with Crippen LogP contribution >= 0.6 is 0 Å². The number of carbonyl (C=O) groups is 1. The lowest BCUT2D eigenvalue weighted by Crippen LogP contribution is -1.92. The largest absolute Gasteiger partial charge is 0.348 e. The molecule has 0 radical (unpaired) electrons. The van der Waals surface area contributed by atoms with E-state index in [9.17, 15) is 4.79 Å². The molecule has 2 aromatic rings. The van der Waals surface area contributed by atoms with E-state index in [1.165, 1.54) is 11.2 Å². The molecule has 0 atom stereocenters. The lowest BCUT2D eigenvalue weighted by atomic mass is 10.1. The van der Waals surface area contributed by atoms with Crippen LogP contribution in [0.3, 0.4) is 0 Å². The SMILES string of the molecule is CC(=O)c1ccc2c(c1)cc(C)n2C. The van der Waals surface area contributed by atoms with Gasteiger partial charge in [-0.15, -0.1) is 0 Å². The number of ketones is 1. The van der Waals surface area contributed by atoms with E-state index in [0.717, 1.165) is 10.9 Å². The fraction of sp³-hybridized carbons (Fsp3) is 0.250. The average molecular weight is 187 g/mol. The van der Waals surface area contributed by atoms with E-state index in [1.807, 2.05) is 25.2 Å². The minimum atomic E-state index is 0.119. The van der Waals surface area contributed by atoms with Gasteiger partial charge in [0.25, 0.3) is 0 Å². The van der Waals surface area contributed by atoms with Crippen LogP contribution in [0.2, 0.25) is 0 Å². The van der Waals surface area contributed by atoms with Crippen molar-refractivity contribution in [1.82, 2.24) is 4.57 Å². The second-order valence-electron chi connectivity index (χ2n) is 3.67. The maximum Gasteiger partial charge on any atom is 0.159 e. The number of Topliss-reactive ketones (excluding diaryl/α,β-unsaturated/α-hetero) is 1. The molecule has 0 amide bonds. The summed E-state index contributed by atoms with van der Waals surface area (Å²) in [5.74, 6) is 0.119. The quantitative estimate of drug-likeness (QED) is 0.629. The normalized spacial score (nSPS) is 10.8. The molecule has 0 aliphatic carbocycles. The number of hydrogen-bond donors (Lipinski definition) is 0. The summed E-state index contributed by atoms with van der Waals surface area (Å²) in [5, 5.41) is 1.14. The number of hydrogen-bond acceptors (Lipinski definition) is 1. The molecular formula is C12H13NO. The zero-order chi connectivity index (χ0) is 10.3. The van der Waals surface area contributed by atoms with Crippen molar-refractivity contribution in [1.29, 1.82) is 0 Å². The van der Waals surface area contributed by atoms with Gasteiger partial charge >= 0.3 is 0 Å². The van der Waals surface area contributed by atoms with Gasteiger partial charge in [-0.25, -0.2) is 0 Å². The van der Waals surface area contributed by atoms with Gasteiger partial charge in [0.2, 0.25) is 0 Å². The molecular weight excluding hydrogens is 174 g/mol. The molecule has 0 N–H and O–H groups in total. The van der Waals surface area contributed by atoms with Gasteiger partial charge in [0.05, 0.1) is 0 Å². The summed E-state index contributed by atoms with van der Waals surface area (Å²) in [4.78, 5) is 11.2. The number of aromatic nitrogens is 1. The number of rotatable bonds is 1. The third kappa shape index (κ3) is 1.23. The van der Waals surface area contributed by atoms with Crippen LogP contribution in [0.25, 0.3) is 10.9 Å². The van der Waals surface area contributed by atoms with Gasteiger partial charge in [-0.3, -0.25) is 4.79 Å².